The molecule has 0 fully saturated rings. The zero-order valence-electron chi connectivity index (χ0n) is 17.3. The maximum absolute atomic E-state index is 13.0. The number of hydrogen-bond donors (Lipinski definition) is 1. The minimum Gasteiger partial charge on any atom is -0.497 e. The first-order valence-corrected chi connectivity index (χ1v) is 10.5. The number of aromatic nitrogens is 2. The number of nitrogens with zero attached hydrogens (tertiary/aromatic N) is 3. The molecule has 8 heteroatoms. The van der Waals surface area contributed by atoms with Gasteiger partial charge >= 0.3 is 0 Å². The summed E-state index contributed by atoms with van der Waals surface area (Å²) in [5.41, 5.74) is 1.66. The Morgan fingerprint density at radius 3 is 2.70 bits per heavy atom. The minimum absolute atomic E-state index is 0.131. The highest BCUT2D eigenvalue weighted by atomic mass is 32.1. The first-order chi connectivity index (χ1) is 14.4. The summed E-state index contributed by atoms with van der Waals surface area (Å²) < 4.78 is 22.7. The fourth-order valence-electron chi connectivity index (χ4n) is 2.95. The number of carbonyl (C=O) groups excluding carboxylic acids is 1. The Hall–Kier alpha value is -3.00. The molecule has 0 aliphatic heterocycles. The van der Waals surface area contributed by atoms with Crippen molar-refractivity contribution >= 4 is 28.3 Å². The molecule has 0 unspecified atom stereocenters. The molecule has 0 bridgehead atoms. The van der Waals surface area contributed by atoms with E-state index in [0.717, 1.165) is 22.3 Å². The lowest BCUT2D eigenvalue weighted by Crippen LogP contribution is -2.33. The van der Waals surface area contributed by atoms with Crippen LogP contribution in [-0.4, -0.2) is 35.0 Å². The molecular weight excluding hydrogens is 403 g/mol. The van der Waals surface area contributed by atoms with Gasteiger partial charge in [-0.25, -0.2) is 9.37 Å². The molecule has 30 heavy (non-hydrogen) atoms. The summed E-state index contributed by atoms with van der Waals surface area (Å²) in [6.07, 6.45) is 0.908. The van der Waals surface area contributed by atoms with Crippen molar-refractivity contribution in [2.75, 3.05) is 23.9 Å². The van der Waals surface area contributed by atoms with Gasteiger partial charge in [-0.05, 0) is 55.8 Å². The van der Waals surface area contributed by atoms with E-state index in [4.69, 9.17) is 4.74 Å². The fourth-order valence-corrected chi connectivity index (χ4v) is 3.80. The smallest absolute Gasteiger partial charge is 0.226 e. The second-order valence-corrected chi connectivity index (χ2v) is 7.84. The quantitative estimate of drug-likeness (QED) is 0.543. The normalized spacial score (nSPS) is 10.8. The average Bonchev–Trinajstić information content (AvgIpc) is 3.17. The SMILES string of the molecule is COc1cccc(Cc2nsc(N(CCC(=O)Nc3ccc(F)cc3)C(C)C)n2)c1. The number of halogens is 1. The van der Waals surface area contributed by atoms with Crippen LogP contribution in [0.5, 0.6) is 5.75 Å². The van der Waals surface area contributed by atoms with Crippen LogP contribution in [0.25, 0.3) is 0 Å². The Morgan fingerprint density at radius 2 is 2.00 bits per heavy atom. The van der Waals surface area contributed by atoms with Gasteiger partial charge in [-0.2, -0.15) is 4.37 Å². The van der Waals surface area contributed by atoms with Gasteiger partial charge in [-0.15, -0.1) is 0 Å². The molecule has 0 aliphatic rings. The third kappa shape index (κ3) is 6.00. The topological polar surface area (TPSA) is 67.3 Å². The third-order valence-electron chi connectivity index (χ3n) is 4.53. The first kappa shape index (κ1) is 21.7. The van der Waals surface area contributed by atoms with Crippen LogP contribution in [0, 0.1) is 5.82 Å². The van der Waals surface area contributed by atoms with Gasteiger partial charge in [0.15, 0.2) is 0 Å². The van der Waals surface area contributed by atoms with E-state index in [9.17, 15) is 9.18 Å². The van der Waals surface area contributed by atoms with Crippen molar-refractivity contribution in [2.24, 2.45) is 0 Å². The van der Waals surface area contributed by atoms with E-state index in [1.54, 1.807) is 19.2 Å². The highest BCUT2D eigenvalue weighted by Gasteiger charge is 2.17. The van der Waals surface area contributed by atoms with Crippen molar-refractivity contribution < 1.29 is 13.9 Å². The molecule has 0 aliphatic carbocycles. The Kier molecular flexibility index (Phi) is 7.35. The molecule has 0 radical (unpaired) electrons. The molecular formula is C22H25FN4O2S. The van der Waals surface area contributed by atoms with Gasteiger partial charge in [0.1, 0.15) is 17.4 Å². The average molecular weight is 429 g/mol. The number of amides is 1. The van der Waals surface area contributed by atoms with Gasteiger partial charge < -0.3 is 15.0 Å². The second-order valence-electron chi connectivity index (χ2n) is 7.11. The molecule has 1 heterocycles. The molecule has 0 saturated carbocycles. The maximum Gasteiger partial charge on any atom is 0.226 e. The fraction of sp³-hybridized carbons (Fsp3) is 0.318. The van der Waals surface area contributed by atoms with Crippen LogP contribution < -0.4 is 15.0 Å². The van der Waals surface area contributed by atoms with Crippen LogP contribution in [0.1, 0.15) is 31.7 Å². The van der Waals surface area contributed by atoms with Crippen LogP contribution in [0.4, 0.5) is 15.2 Å². The number of carbonyl (C=O) groups is 1. The molecule has 0 saturated heterocycles. The molecule has 0 atom stereocenters. The highest BCUT2D eigenvalue weighted by Crippen LogP contribution is 2.22. The Labute approximate surface area is 179 Å². The number of nitrogens with one attached hydrogen (secondary N) is 1. The van der Waals surface area contributed by atoms with E-state index in [-0.39, 0.29) is 17.8 Å². The third-order valence-corrected chi connectivity index (χ3v) is 5.32. The van der Waals surface area contributed by atoms with Crippen molar-refractivity contribution in [3.63, 3.8) is 0 Å². The summed E-state index contributed by atoms with van der Waals surface area (Å²) in [4.78, 5) is 19.0. The lowest BCUT2D eigenvalue weighted by Gasteiger charge is -2.25. The largest absolute Gasteiger partial charge is 0.497 e. The first-order valence-electron chi connectivity index (χ1n) is 9.72. The predicted molar refractivity (Wildman–Crippen MR) is 118 cm³/mol. The molecule has 6 nitrogen and oxygen atoms in total. The number of anilines is 2. The molecule has 3 aromatic rings. The second kappa shape index (κ2) is 10.2. The monoisotopic (exact) mass is 428 g/mol. The summed E-state index contributed by atoms with van der Waals surface area (Å²) in [6, 6.07) is 13.7. The summed E-state index contributed by atoms with van der Waals surface area (Å²) >= 11 is 1.33. The van der Waals surface area contributed by atoms with Crippen molar-refractivity contribution in [1.82, 2.24) is 9.36 Å². The highest BCUT2D eigenvalue weighted by molar-refractivity contribution is 7.09. The van der Waals surface area contributed by atoms with E-state index in [0.29, 0.717) is 25.1 Å². The van der Waals surface area contributed by atoms with E-state index >= 15 is 0 Å². The number of rotatable bonds is 9. The van der Waals surface area contributed by atoms with Gasteiger partial charge in [-0.1, -0.05) is 12.1 Å². The van der Waals surface area contributed by atoms with Crippen LogP contribution in [-0.2, 0) is 11.2 Å². The van der Waals surface area contributed by atoms with E-state index in [1.165, 1.54) is 23.7 Å². The Balaban J connectivity index is 1.60. The number of ether oxygens (including phenoxy) is 1. The van der Waals surface area contributed by atoms with Crippen LogP contribution >= 0.6 is 11.5 Å². The summed E-state index contributed by atoms with van der Waals surface area (Å²) in [7, 11) is 1.64. The van der Waals surface area contributed by atoms with Gasteiger partial charge in [0.25, 0.3) is 0 Å². The van der Waals surface area contributed by atoms with E-state index < -0.39 is 0 Å². The van der Waals surface area contributed by atoms with E-state index in [1.807, 2.05) is 24.3 Å². The summed E-state index contributed by atoms with van der Waals surface area (Å²) in [6.45, 7) is 4.63. The zero-order chi connectivity index (χ0) is 21.5. The number of hydrogen-bond acceptors (Lipinski definition) is 6. The van der Waals surface area contributed by atoms with Crippen LogP contribution in [0.3, 0.4) is 0 Å². The molecule has 1 amide bonds. The van der Waals surface area contributed by atoms with E-state index in [2.05, 4.69) is 33.4 Å². The molecule has 1 aromatic heterocycles. The van der Waals surface area contributed by atoms with Crippen molar-refractivity contribution in [3.8, 4) is 5.75 Å². The van der Waals surface area contributed by atoms with Crippen molar-refractivity contribution in [2.45, 2.75) is 32.7 Å². The zero-order valence-corrected chi connectivity index (χ0v) is 18.1. The Bertz CT molecular complexity index is 975. The predicted octanol–water partition coefficient (Wildman–Crippen LogP) is 4.52. The van der Waals surface area contributed by atoms with Gasteiger partial charge in [0.05, 0.1) is 7.11 Å². The van der Waals surface area contributed by atoms with Gasteiger partial charge in [-0.3, -0.25) is 4.79 Å². The molecule has 2 aromatic carbocycles. The van der Waals surface area contributed by atoms with Crippen LogP contribution in [0.2, 0.25) is 0 Å². The minimum atomic E-state index is -0.333. The lowest BCUT2D eigenvalue weighted by atomic mass is 10.1. The van der Waals surface area contributed by atoms with Gasteiger partial charge in [0.2, 0.25) is 11.0 Å². The Morgan fingerprint density at radius 1 is 1.23 bits per heavy atom. The summed E-state index contributed by atoms with van der Waals surface area (Å²) in [5, 5.41) is 3.58. The number of benzene rings is 2. The lowest BCUT2D eigenvalue weighted by molar-refractivity contribution is -0.116. The maximum atomic E-state index is 13.0. The van der Waals surface area contributed by atoms with Crippen LogP contribution in [0.15, 0.2) is 48.5 Å². The standard InChI is InChI=1S/C22H25FN4O2S/c1-15(2)27(12-11-21(28)24-18-9-7-17(23)8-10-18)22-25-20(26-30-22)14-16-5-4-6-19(13-16)29-3/h4-10,13,15H,11-12,14H2,1-3H3,(H,24,28). The van der Waals surface area contributed by atoms with Gasteiger partial charge in [0, 0.05) is 42.6 Å². The number of methoxy groups -OCH3 is 1. The molecule has 0 spiro atoms. The molecule has 158 valence electrons. The summed E-state index contributed by atoms with van der Waals surface area (Å²) in [5.74, 6) is 1.08. The molecule has 1 N–H and O–H groups in total. The van der Waals surface area contributed by atoms with Crippen molar-refractivity contribution in [3.05, 3.63) is 65.7 Å². The molecule has 3 rings (SSSR count). The van der Waals surface area contributed by atoms with Crippen molar-refractivity contribution in [1.29, 1.82) is 0 Å².